The normalized spacial score (nSPS) is 10.0. The summed E-state index contributed by atoms with van der Waals surface area (Å²) in [6.45, 7) is 3.94. The Kier molecular flexibility index (Phi) is 4.03. The molecular weight excluding hydrogens is 224 g/mol. The van der Waals surface area contributed by atoms with Gasteiger partial charge in [-0.25, -0.2) is 4.79 Å². The predicted octanol–water partition coefficient (Wildman–Crippen LogP) is -0.00898. The van der Waals surface area contributed by atoms with Crippen molar-refractivity contribution in [1.29, 1.82) is 0 Å². The molecule has 0 aliphatic rings. The lowest BCUT2D eigenvalue weighted by Crippen LogP contribution is -2.29. The maximum atomic E-state index is 11.4. The van der Waals surface area contributed by atoms with Crippen LogP contribution in [-0.4, -0.2) is 28.1 Å². The molecule has 1 heterocycles. The Morgan fingerprint density at radius 2 is 2.12 bits per heavy atom. The van der Waals surface area contributed by atoms with Crippen LogP contribution in [0.1, 0.15) is 23.0 Å². The van der Waals surface area contributed by atoms with Gasteiger partial charge in [0.1, 0.15) is 12.1 Å². The zero-order valence-corrected chi connectivity index (χ0v) is 9.69. The van der Waals surface area contributed by atoms with Gasteiger partial charge in [-0.2, -0.15) is 0 Å². The number of aryl methyl sites for hydroxylation is 1. The molecule has 0 saturated heterocycles. The Morgan fingerprint density at radius 1 is 1.47 bits per heavy atom. The molecule has 92 valence electrons. The lowest BCUT2D eigenvalue weighted by atomic mass is 10.2. The summed E-state index contributed by atoms with van der Waals surface area (Å²) in [6, 6.07) is 1.21. The number of hydrogen-bond acceptors (Lipinski definition) is 3. The first-order valence-corrected chi connectivity index (χ1v) is 5.16. The van der Waals surface area contributed by atoms with Crippen molar-refractivity contribution in [2.45, 2.75) is 20.4 Å². The Balaban J connectivity index is 3.08. The summed E-state index contributed by atoms with van der Waals surface area (Å²) in [5, 5.41) is 11.4. The average Bonchev–Trinajstić information content (AvgIpc) is 2.21. The molecule has 0 unspecified atom stereocenters. The number of aromatic nitrogens is 1. The molecule has 0 aliphatic carbocycles. The fourth-order valence-electron chi connectivity index (χ4n) is 1.41. The molecule has 1 aromatic heterocycles. The molecule has 6 nitrogen and oxygen atoms in total. The lowest BCUT2D eigenvalue weighted by molar-refractivity contribution is -0.121. The molecular formula is C11H14N2O4. The number of carboxylic acid groups (broad SMARTS) is 1. The Hall–Kier alpha value is -2.11. The molecule has 0 radical (unpaired) electrons. The molecule has 0 fully saturated rings. The van der Waals surface area contributed by atoms with Gasteiger partial charge in [0, 0.05) is 24.5 Å². The van der Waals surface area contributed by atoms with Crippen LogP contribution >= 0.6 is 0 Å². The first-order valence-electron chi connectivity index (χ1n) is 5.16. The van der Waals surface area contributed by atoms with Crippen molar-refractivity contribution in [3.05, 3.63) is 33.7 Å². The molecule has 17 heavy (non-hydrogen) atoms. The standard InChI is InChI=1S/C11H14N2O4/c1-3-12-10(15)6-13-5-8(11(16)17)9(14)4-7(13)2/h4-5H,3,6H2,1-2H3,(H,12,15)(H,16,17). The van der Waals surface area contributed by atoms with Gasteiger partial charge in [0.05, 0.1) is 0 Å². The van der Waals surface area contributed by atoms with Crippen molar-refractivity contribution in [2.24, 2.45) is 0 Å². The van der Waals surface area contributed by atoms with Gasteiger partial charge in [0.25, 0.3) is 0 Å². The Morgan fingerprint density at radius 3 is 2.65 bits per heavy atom. The summed E-state index contributed by atoms with van der Waals surface area (Å²) in [5.41, 5.74) is -0.340. The third-order valence-electron chi connectivity index (χ3n) is 2.26. The van der Waals surface area contributed by atoms with Gasteiger partial charge in [-0.1, -0.05) is 0 Å². The minimum atomic E-state index is -1.29. The number of likely N-dealkylation sites (N-methyl/N-ethyl adjacent to an activating group) is 1. The van der Waals surface area contributed by atoms with E-state index in [0.717, 1.165) is 0 Å². The van der Waals surface area contributed by atoms with Crippen LogP contribution in [0.4, 0.5) is 0 Å². The molecule has 6 heteroatoms. The van der Waals surface area contributed by atoms with Crippen molar-refractivity contribution >= 4 is 11.9 Å². The number of rotatable bonds is 4. The van der Waals surface area contributed by atoms with Gasteiger partial charge in [0.2, 0.25) is 5.91 Å². The smallest absolute Gasteiger partial charge is 0.341 e. The topological polar surface area (TPSA) is 88.4 Å². The number of amides is 1. The van der Waals surface area contributed by atoms with Crippen LogP contribution in [0.2, 0.25) is 0 Å². The van der Waals surface area contributed by atoms with Crippen molar-refractivity contribution < 1.29 is 14.7 Å². The third kappa shape index (κ3) is 3.17. The van der Waals surface area contributed by atoms with Gasteiger partial charge in [-0.05, 0) is 13.8 Å². The van der Waals surface area contributed by atoms with Gasteiger partial charge in [-0.3, -0.25) is 9.59 Å². The molecule has 1 aromatic rings. The van der Waals surface area contributed by atoms with Crippen LogP contribution in [0, 0.1) is 6.92 Å². The van der Waals surface area contributed by atoms with Crippen LogP contribution in [0.5, 0.6) is 0 Å². The van der Waals surface area contributed by atoms with Crippen molar-refractivity contribution in [1.82, 2.24) is 9.88 Å². The van der Waals surface area contributed by atoms with E-state index in [0.29, 0.717) is 12.2 Å². The van der Waals surface area contributed by atoms with E-state index in [9.17, 15) is 14.4 Å². The predicted molar refractivity (Wildman–Crippen MR) is 61.1 cm³/mol. The SMILES string of the molecule is CCNC(=O)Cn1cc(C(=O)O)c(=O)cc1C. The summed E-state index contributed by atoms with van der Waals surface area (Å²) in [6.07, 6.45) is 1.19. The maximum Gasteiger partial charge on any atom is 0.341 e. The molecule has 0 spiro atoms. The van der Waals surface area contributed by atoms with Crippen molar-refractivity contribution in [3.63, 3.8) is 0 Å². The van der Waals surface area contributed by atoms with Crippen molar-refractivity contribution in [2.75, 3.05) is 6.54 Å². The summed E-state index contributed by atoms with van der Waals surface area (Å²) in [7, 11) is 0. The first-order chi connectivity index (χ1) is 7.95. The number of carbonyl (C=O) groups is 2. The highest BCUT2D eigenvalue weighted by molar-refractivity contribution is 5.87. The largest absolute Gasteiger partial charge is 0.477 e. The number of nitrogens with one attached hydrogen (secondary N) is 1. The third-order valence-corrected chi connectivity index (χ3v) is 2.26. The van der Waals surface area contributed by atoms with E-state index in [1.165, 1.54) is 16.8 Å². The Bertz CT molecular complexity index is 505. The minimum absolute atomic E-state index is 0.000231. The number of carboxylic acids is 1. The highest BCUT2D eigenvalue weighted by Crippen LogP contribution is 1.99. The molecule has 1 amide bonds. The zero-order chi connectivity index (χ0) is 13.0. The lowest BCUT2D eigenvalue weighted by Gasteiger charge is -2.10. The number of carbonyl (C=O) groups excluding carboxylic acids is 1. The summed E-state index contributed by atoms with van der Waals surface area (Å²) < 4.78 is 1.44. The van der Waals surface area contributed by atoms with E-state index in [1.807, 2.05) is 0 Å². The quantitative estimate of drug-likeness (QED) is 0.772. The van der Waals surface area contributed by atoms with E-state index in [1.54, 1.807) is 13.8 Å². The van der Waals surface area contributed by atoms with Gasteiger partial charge in [-0.15, -0.1) is 0 Å². The van der Waals surface area contributed by atoms with Gasteiger partial charge < -0.3 is 15.0 Å². The van der Waals surface area contributed by atoms with E-state index in [2.05, 4.69) is 5.32 Å². The highest BCUT2D eigenvalue weighted by Gasteiger charge is 2.11. The van der Waals surface area contributed by atoms with Gasteiger partial charge in [0.15, 0.2) is 5.43 Å². The van der Waals surface area contributed by atoms with Crippen LogP contribution < -0.4 is 10.7 Å². The Labute approximate surface area is 97.9 Å². The summed E-state index contributed by atoms with van der Waals surface area (Å²) in [5.74, 6) is -1.52. The molecule has 1 rings (SSSR count). The zero-order valence-electron chi connectivity index (χ0n) is 9.69. The van der Waals surface area contributed by atoms with E-state index in [-0.39, 0.29) is 18.0 Å². The molecule has 0 bridgehead atoms. The van der Waals surface area contributed by atoms with Crippen LogP contribution in [0.15, 0.2) is 17.1 Å². The molecule has 0 aromatic carbocycles. The molecule has 0 aliphatic heterocycles. The number of pyridine rings is 1. The van der Waals surface area contributed by atoms with Crippen LogP contribution in [0.3, 0.4) is 0 Å². The monoisotopic (exact) mass is 238 g/mol. The maximum absolute atomic E-state index is 11.4. The van der Waals surface area contributed by atoms with E-state index in [4.69, 9.17) is 5.11 Å². The summed E-state index contributed by atoms with van der Waals surface area (Å²) in [4.78, 5) is 33.5. The number of aromatic carboxylic acids is 1. The number of hydrogen-bond donors (Lipinski definition) is 2. The van der Waals surface area contributed by atoms with Crippen LogP contribution in [-0.2, 0) is 11.3 Å². The fraction of sp³-hybridized carbons (Fsp3) is 0.364. The molecule has 0 atom stereocenters. The second-order valence-corrected chi connectivity index (χ2v) is 3.58. The molecule has 2 N–H and O–H groups in total. The van der Waals surface area contributed by atoms with Crippen LogP contribution in [0.25, 0.3) is 0 Å². The van der Waals surface area contributed by atoms with E-state index < -0.39 is 11.4 Å². The second kappa shape index (κ2) is 5.29. The fourth-order valence-corrected chi connectivity index (χ4v) is 1.41. The highest BCUT2D eigenvalue weighted by atomic mass is 16.4. The van der Waals surface area contributed by atoms with Crippen molar-refractivity contribution in [3.8, 4) is 0 Å². The summed E-state index contributed by atoms with van der Waals surface area (Å²) >= 11 is 0. The minimum Gasteiger partial charge on any atom is -0.477 e. The average molecular weight is 238 g/mol. The van der Waals surface area contributed by atoms with Gasteiger partial charge >= 0.3 is 5.97 Å². The number of nitrogens with zero attached hydrogens (tertiary/aromatic N) is 1. The molecule has 0 saturated carbocycles. The van der Waals surface area contributed by atoms with E-state index >= 15 is 0 Å². The second-order valence-electron chi connectivity index (χ2n) is 3.58. The first kappa shape index (κ1) is 13.0.